The van der Waals surface area contributed by atoms with E-state index in [1.165, 1.54) is 12.8 Å². The Morgan fingerprint density at radius 3 is 2.32 bits per heavy atom. The average molecular weight is 268 g/mol. The van der Waals surface area contributed by atoms with E-state index in [-0.39, 0.29) is 6.54 Å². The molecule has 0 bridgehead atoms. The van der Waals surface area contributed by atoms with Crippen LogP contribution in [0.4, 0.5) is 0 Å². The summed E-state index contributed by atoms with van der Waals surface area (Å²) in [7, 11) is 0. The van der Waals surface area contributed by atoms with Crippen LogP contribution in [-0.2, 0) is 4.79 Å². The normalized spacial score (nSPS) is 34.2. The van der Waals surface area contributed by atoms with Gasteiger partial charge in [0.25, 0.3) is 0 Å². The first-order valence-electron chi connectivity index (χ1n) is 7.71. The number of likely N-dealkylation sites (N-methyl/N-ethyl adjacent to an activating group) is 1. The summed E-state index contributed by atoms with van der Waals surface area (Å²) in [4.78, 5) is 12.9. The molecule has 2 aliphatic rings. The monoisotopic (exact) mass is 268 g/mol. The summed E-state index contributed by atoms with van der Waals surface area (Å²) in [5.74, 6) is 1.02. The van der Waals surface area contributed by atoms with Crippen molar-refractivity contribution in [1.82, 2.24) is 10.2 Å². The van der Waals surface area contributed by atoms with E-state index in [1.807, 2.05) is 6.92 Å². The van der Waals surface area contributed by atoms with Crippen LogP contribution in [0.1, 0.15) is 46.5 Å². The van der Waals surface area contributed by atoms with Gasteiger partial charge in [-0.3, -0.25) is 9.69 Å². The van der Waals surface area contributed by atoms with Crippen LogP contribution in [-0.4, -0.2) is 47.2 Å². The van der Waals surface area contributed by atoms with Gasteiger partial charge < -0.3 is 10.4 Å². The van der Waals surface area contributed by atoms with E-state index >= 15 is 0 Å². The maximum absolute atomic E-state index is 10.8. The largest absolute Gasteiger partial charge is 0.480 e. The Bertz CT molecular complexity index is 307. The number of aliphatic carboxylic acids is 1. The minimum atomic E-state index is -0.711. The topological polar surface area (TPSA) is 52.6 Å². The molecule has 4 heteroatoms. The number of nitrogens with one attached hydrogen (secondary N) is 1. The minimum absolute atomic E-state index is 0.187. The lowest BCUT2D eigenvalue weighted by Gasteiger charge is -2.47. The molecule has 0 amide bonds. The zero-order valence-electron chi connectivity index (χ0n) is 12.4. The van der Waals surface area contributed by atoms with Crippen molar-refractivity contribution in [2.24, 2.45) is 11.8 Å². The van der Waals surface area contributed by atoms with Gasteiger partial charge in [0, 0.05) is 18.1 Å². The van der Waals surface area contributed by atoms with Crippen molar-refractivity contribution >= 4 is 5.97 Å². The first-order valence-corrected chi connectivity index (χ1v) is 7.71. The van der Waals surface area contributed by atoms with E-state index in [4.69, 9.17) is 5.11 Å². The summed E-state index contributed by atoms with van der Waals surface area (Å²) >= 11 is 0. The number of carboxylic acids is 1. The first kappa shape index (κ1) is 14.8. The summed E-state index contributed by atoms with van der Waals surface area (Å²) in [6, 6.07) is 1.80. The quantitative estimate of drug-likeness (QED) is 0.741. The molecule has 0 aromatic heterocycles. The fraction of sp³-hybridized carbons (Fsp3) is 0.933. The lowest BCUT2D eigenvalue weighted by Crippen LogP contribution is -2.57. The summed E-state index contributed by atoms with van der Waals surface area (Å²) in [5, 5.41) is 12.6. The van der Waals surface area contributed by atoms with Gasteiger partial charge in [-0.2, -0.15) is 0 Å². The van der Waals surface area contributed by atoms with Crippen LogP contribution >= 0.6 is 0 Å². The van der Waals surface area contributed by atoms with Crippen LogP contribution in [0.2, 0.25) is 0 Å². The number of hydrogen-bond donors (Lipinski definition) is 2. The Morgan fingerprint density at radius 1 is 1.26 bits per heavy atom. The maximum Gasteiger partial charge on any atom is 0.317 e. The third-order valence-corrected chi connectivity index (χ3v) is 4.96. The van der Waals surface area contributed by atoms with Gasteiger partial charge in [-0.05, 0) is 44.1 Å². The van der Waals surface area contributed by atoms with Crippen molar-refractivity contribution < 1.29 is 9.90 Å². The molecule has 0 spiro atoms. The Balaban J connectivity index is 1.62. The molecule has 0 aromatic carbocycles. The Labute approximate surface area is 116 Å². The predicted molar refractivity (Wildman–Crippen MR) is 76.2 cm³/mol. The second-order valence-corrected chi connectivity index (χ2v) is 6.62. The first-order chi connectivity index (χ1) is 8.99. The molecule has 0 radical (unpaired) electrons. The van der Waals surface area contributed by atoms with Crippen LogP contribution in [0, 0.1) is 11.8 Å². The lowest BCUT2D eigenvalue weighted by molar-refractivity contribution is -0.139. The van der Waals surface area contributed by atoms with Gasteiger partial charge in [-0.1, -0.05) is 20.8 Å². The molecule has 19 heavy (non-hydrogen) atoms. The van der Waals surface area contributed by atoms with Crippen molar-refractivity contribution in [2.75, 3.05) is 13.1 Å². The van der Waals surface area contributed by atoms with Crippen molar-refractivity contribution in [3.8, 4) is 0 Å². The summed E-state index contributed by atoms with van der Waals surface area (Å²) < 4.78 is 0. The smallest absolute Gasteiger partial charge is 0.317 e. The number of carbonyl (C=O) groups is 1. The SMILES string of the molecule is CCN(CC(=O)O)C1CC(NC2CC(C(C)C)C2)C1. The van der Waals surface area contributed by atoms with E-state index in [9.17, 15) is 4.79 Å². The molecule has 0 unspecified atom stereocenters. The molecule has 110 valence electrons. The van der Waals surface area contributed by atoms with Gasteiger partial charge >= 0.3 is 5.97 Å². The van der Waals surface area contributed by atoms with Crippen molar-refractivity contribution in [2.45, 2.75) is 64.6 Å². The molecule has 0 aromatic rings. The van der Waals surface area contributed by atoms with Crippen molar-refractivity contribution in [1.29, 1.82) is 0 Å². The van der Waals surface area contributed by atoms with Gasteiger partial charge in [-0.25, -0.2) is 0 Å². The van der Waals surface area contributed by atoms with E-state index < -0.39 is 5.97 Å². The van der Waals surface area contributed by atoms with Crippen molar-refractivity contribution in [3.63, 3.8) is 0 Å². The standard InChI is InChI=1S/C15H28N2O2/c1-4-17(9-15(18)19)14-7-13(8-14)16-12-5-11(6-12)10(2)3/h10-14,16H,4-9H2,1-3H3,(H,18,19). The van der Waals surface area contributed by atoms with Gasteiger partial charge in [0.1, 0.15) is 0 Å². The summed E-state index contributed by atoms with van der Waals surface area (Å²) in [6.45, 7) is 7.69. The second-order valence-electron chi connectivity index (χ2n) is 6.62. The van der Waals surface area contributed by atoms with E-state index in [1.54, 1.807) is 0 Å². The molecular weight excluding hydrogens is 240 g/mol. The molecule has 2 rings (SSSR count). The highest BCUT2D eigenvalue weighted by Gasteiger charge is 2.38. The number of hydrogen-bond acceptors (Lipinski definition) is 3. The van der Waals surface area contributed by atoms with E-state index in [0.717, 1.165) is 31.2 Å². The highest BCUT2D eigenvalue weighted by atomic mass is 16.4. The molecule has 0 saturated heterocycles. The fourth-order valence-electron chi connectivity index (χ4n) is 3.37. The number of rotatable bonds is 7. The highest BCUT2D eigenvalue weighted by Crippen LogP contribution is 2.35. The van der Waals surface area contributed by atoms with Crippen LogP contribution < -0.4 is 5.32 Å². The molecular formula is C15H28N2O2. The third kappa shape index (κ3) is 3.69. The van der Waals surface area contributed by atoms with E-state index in [2.05, 4.69) is 24.1 Å². The van der Waals surface area contributed by atoms with Crippen LogP contribution in [0.25, 0.3) is 0 Å². The molecule has 0 atom stereocenters. The predicted octanol–water partition coefficient (Wildman–Crippen LogP) is 1.95. The molecule has 2 fully saturated rings. The van der Waals surface area contributed by atoms with Gasteiger partial charge in [-0.15, -0.1) is 0 Å². The number of nitrogens with zero attached hydrogens (tertiary/aromatic N) is 1. The Kier molecular flexibility index (Phi) is 4.85. The zero-order chi connectivity index (χ0) is 14.0. The fourth-order valence-corrected chi connectivity index (χ4v) is 3.37. The van der Waals surface area contributed by atoms with Crippen molar-refractivity contribution in [3.05, 3.63) is 0 Å². The molecule has 0 heterocycles. The molecule has 4 nitrogen and oxygen atoms in total. The molecule has 2 N–H and O–H groups in total. The zero-order valence-corrected chi connectivity index (χ0v) is 12.4. The number of carboxylic acid groups (broad SMARTS) is 1. The van der Waals surface area contributed by atoms with Crippen LogP contribution in [0.5, 0.6) is 0 Å². The lowest BCUT2D eigenvalue weighted by atomic mass is 9.72. The maximum atomic E-state index is 10.8. The van der Waals surface area contributed by atoms with Gasteiger partial charge in [0.15, 0.2) is 0 Å². The Hall–Kier alpha value is -0.610. The van der Waals surface area contributed by atoms with Gasteiger partial charge in [0.05, 0.1) is 6.54 Å². The van der Waals surface area contributed by atoms with Crippen LogP contribution in [0.3, 0.4) is 0 Å². The van der Waals surface area contributed by atoms with Gasteiger partial charge in [0.2, 0.25) is 0 Å². The summed E-state index contributed by atoms with van der Waals surface area (Å²) in [6.07, 6.45) is 4.88. The van der Waals surface area contributed by atoms with Crippen LogP contribution in [0.15, 0.2) is 0 Å². The molecule has 0 aliphatic heterocycles. The minimum Gasteiger partial charge on any atom is -0.480 e. The molecule has 2 aliphatic carbocycles. The summed E-state index contributed by atoms with van der Waals surface area (Å²) in [5.41, 5.74) is 0. The molecule has 2 saturated carbocycles. The average Bonchev–Trinajstić information content (AvgIpc) is 2.21. The van der Waals surface area contributed by atoms with E-state index in [0.29, 0.717) is 18.1 Å². The highest BCUT2D eigenvalue weighted by molar-refractivity contribution is 5.69. The third-order valence-electron chi connectivity index (χ3n) is 4.96. The second kappa shape index (κ2) is 6.23. The Morgan fingerprint density at radius 2 is 1.84 bits per heavy atom.